The molecule has 1 heterocycles. The summed E-state index contributed by atoms with van der Waals surface area (Å²) in [6.07, 6.45) is 10.1. The van der Waals surface area contributed by atoms with Gasteiger partial charge in [0.1, 0.15) is 0 Å². The van der Waals surface area contributed by atoms with Gasteiger partial charge in [-0.15, -0.1) is 0 Å². The molecule has 2 rings (SSSR count). The van der Waals surface area contributed by atoms with Crippen LogP contribution in [-0.2, 0) is 6.54 Å². The number of aliphatic hydroxyl groups is 1. The zero-order chi connectivity index (χ0) is 12.8. The van der Waals surface area contributed by atoms with Gasteiger partial charge in [0.15, 0.2) is 0 Å². The van der Waals surface area contributed by atoms with E-state index < -0.39 is 0 Å². The summed E-state index contributed by atoms with van der Waals surface area (Å²) >= 11 is 0. The van der Waals surface area contributed by atoms with Crippen LogP contribution in [0.25, 0.3) is 0 Å². The Morgan fingerprint density at radius 3 is 2.83 bits per heavy atom. The summed E-state index contributed by atoms with van der Waals surface area (Å²) in [5, 5.41) is 17.5. The fourth-order valence-electron chi connectivity index (χ4n) is 2.81. The van der Waals surface area contributed by atoms with Gasteiger partial charge in [0.2, 0.25) is 0 Å². The lowest BCUT2D eigenvalue weighted by Crippen LogP contribution is -2.40. The molecular formula is C14H25N3O. The first-order chi connectivity index (χ1) is 8.75. The summed E-state index contributed by atoms with van der Waals surface area (Å²) in [7, 11) is 0. The van der Waals surface area contributed by atoms with E-state index in [9.17, 15) is 5.11 Å². The molecule has 1 aromatic rings. The van der Waals surface area contributed by atoms with Crippen LogP contribution in [0.15, 0.2) is 18.5 Å². The molecule has 1 saturated carbocycles. The predicted molar refractivity (Wildman–Crippen MR) is 72.3 cm³/mol. The summed E-state index contributed by atoms with van der Waals surface area (Å²) in [6, 6.07) is 2.39. The Bertz CT molecular complexity index is 320. The minimum Gasteiger partial charge on any atom is -0.390 e. The number of aromatic nitrogens is 2. The Hall–Kier alpha value is -0.870. The van der Waals surface area contributed by atoms with Crippen molar-refractivity contribution in [3.8, 4) is 0 Å². The smallest absolute Gasteiger partial charge is 0.0860 e. The second-order valence-electron chi connectivity index (χ2n) is 5.48. The molecule has 4 heteroatoms. The number of nitrogens with zero attached hydrogens (tertiary/aromatic N) is 2. The van der Waals surface area contributed by atoms with Crippen molar-refractivity contribution in [1.82, 2.24) is 15.1 Å². The lowest BCUT2D eigenvalue weighted by atomic mass is 9.84. The van der Waals surface area contributed by atoms with E-state index in [4.69, 9.17) is 0 Å². The largest absolute Gasteiger partial charge is 0.390 e. The van der Waals surface area contributed by atoms with E-state index in [1.807, 2.05) is 12.3 Å². The molecule has 0 amide bonds. The van der Waals surface area contributed by atoms with E-state index in [0.29, 0.717) is 19.1 Å². The minimum atomic E-state index is -0.365. The summed E-state index contributed by atoms with van der Waals surface area (Å²) in [4.78, 5) is 0. The van der Waals surface area contributed by atoms with Crippen molar-refractivity contribution >= 4 is 0 Å². The first kappa shape index (κ1) is 13.6. The molecule has 18 heavy (non-hydrogen) atoms. The van der Waals surface area contributed by atoms with Gasteiger partial charge in [-0.25, -0.2) is 0 Å². The van der Waals surface area contributed by atoms with Crippen molar-refractivity contribution in [1.29, 1.82) is 0 Å². The Labute approximate surface area is 109 Å². The van der Waals surface area contributed by atoms with E-state index in [1.54, 1.807) is 10.9 Å². The molecule has 2 atom stereocenters. The maximum Gasteiger partial charge on any atom is 0.0860 e. The van der Waals surface area contributed by atoms with Crippen LogP contribution >= 0.6 is 0 Å². The van der Waals surface area contributed by atoms with E-state index in [0.717, 1.165) is 5.92 Å². The number of aliphatic hydroxyl groups excluding tert-OH is 1. The highest BCUT2D eigenvalue weighted by Gasteiger charge is 2.20. The van der Waals surface area contributed by atoms with Crippen molar-refractivity contribution in [3.63, 3.8) is 0 Å². The van der Waals surface area contributed by atoms with Gasteiger partial charge in [-0.2, -0.15) is 5.10 Å². The van der Waals surface area contributed by atoms with Crippen LogP contribution in [0, 0.1) is 5.92 Å². The van der Waals surface area contributed by atoms with Gasteiger partial charge in [-0.05, 0) is 31.7 Å². The van der Waals surface area contributed by atoms with Gasteiger partial charge in [0, 0.05) is 25.0 Å². The van der Waals surface area contributed by atoms with Crippen LogP contribution in [0.1, 0.15) is 39.0 Å². The van der Waals surface area contributed by atoms with Crippen molar-refractivity contribution in [3.05, 3.63) is 18.5 Å². The van der Waals surface area contributed by atoms with Crippen molar-refractivity contribution in [2.45, 2.75) is 57.7 Å². The van der Waals surface area contributed by atoms with E-state index >= 15 is 0 Å². The normalized spacial score (nSPS) is 20.8. The van der Waals surface area contributed by atoms with Crippen molar-refractivity contribution in [2.24, 2.45) is 5.92 Å². The minimum absolute atomic E-state index is 0.365. The average molecular weight is 251 g/mol. The van der Waals surface area contributed by atoms with Gasteiger partial charge in [0.05, 0.1) is 12.6 Å². The average Bonchev–Trinajstić information content (AvgIpc) is 2.90. The summed E-state index contributed by atoms with van der Waals surface area (Å²) in [6.45, 7) is 3.46. The highest BCUT2D eigenvalue weighted by Crippen LogP contribution is 2.26. The van der Waals surface area contributed by atoms with Crippen LogP contribution in [0.5, 0.6) is 0 Å². The molecule has 0 aromatic carbocycles. The quantitative estimate of drug-likeness (QED) is 0.810. The van der Waals surface area contributed by atoms with Gasteiger partial charge in [-0.1, -0.05) is 19.3 Å². The van der Waals surface area contributed by atoms with Crippen LogP contribution in [-0.4, -0.2) is 33.6 Å². The standard InChI is InChI=1S/C14H25N3O/c1-12(13-6-3-2-4-7-13)15-10-14(18)11-17-9-5-8-16-17/h5,8-9,12-15,18H,2-4,6-7,10-11H2,1H3/t12-,14?/m1/s1. The number of rotatable bonds is 6. The fraction of sp³-hybridized carbons (Fsp3) is 0.786. The molecule has 0 spiro atoms. The number of hydrogen-bond acceptors (Lipinski definition) is 3. The van der Waals surface area contributed by atoms with Gasteiger partial charge >= 0.3 is 0 Å². The molecule has 0 bridgehead atoms. The molecule has 4 nitrogen and oxygen atoms in total. The molecule has 2 N–H and O–H groups in total. The van der Waals surface area contributed by atoms with Crippen LogP contribution < -0.4 is 5.32 Å². The summed E-state index contributed by atoms with van der Waals surface area (Å²) < 4.78 is 1.78. The third-order valence-corrected chi connectivity index (χ3v) is 3.99. The highest BCUT2D eigenvalue weighted by molar-refractivity contribution is 4.80. The van der Waals surface area contributed by atoms with E-state index in [2.05, 4.69) is 17.3 Å². The molecule has 1 aliphatic carbocycles. The molecule has 0 saturated heterocycles. The molecule has 1 aliphatic rings. The number of hydrogen-bond donors (Lipinski definition) is 2. The lowest BCUT2D eigenvalue weighted by Gasteiger charge is -2.29. The zero-order valence-electron chi connectivity index (χ0n) is 11.3. The number of nitrogens with one attached hydrogen (secondary N) is 1. The Kier molecular flexibility index (Phi) is 5.20. The van der Waals surface area contributed by atoms with Crippen molar-refractivity contribution < 1.29 is 5.11 Å². The first-order valence-electron chi connectivity index (χ1n) is 7.14. The van der Waals surface area contributed by atoms with E-state index in [-0.39, 0.29) is 6.10 Å². The first-order valence-corrected chi connectivity index (χ1v) is 7.14. The molecule has 1 aromatic heterocycles. The Balaban J connectivity index is 1.66. The summed E-state index contributed by atoms with van der Waals surface area (Å²) in [5.41, 5.74) is 0. The summed E-state index contributed by atoms with van der Waals surface area (Å²) in [5.74, 6) is 0.788. The van der Waals surface area contributed by atoms with Crippen LogP contribution in [0.2, 0.25) is 0 Å². The molecule has 102 valence electrons. The van der Waals surface area contributed by atoms with Crippen LogP contribution in [0.3, 0.4) is 0 Å². The van der Waals surface area contributed by atoms with Gasteiger partial charge in [-0.3, -0.25) is 4.68 Å². The molecular weight excluding hydrogens is 226 g/mol. The fourth-order valence-corrected chi connectivity index (χ4v) is 2.81. The van der Waals surface area contributed by atoms with Crippen molar-refractivity contribution in [2.75, 3.05) is 6.54 Å². The highest BCUT2D eigenvalue weighted by atomic mass is 16.3. The molecule has 0 aliphatic heterocycles. The lowest BCUT2D eigenvalue weighted by molar-refractivity contribution is 0.137. The molecule has 1 fully saturated rings. The topological polar surface area (TPSA) is 50.1 Å². The molecule has 1 unspecified atom stereocenters. The maximum atomic E-state index is 9.94. The maximum absolute atomic E-state index is 9.94. The van der Waals surface area contributed by atoms with Crippen LogP contribution in [0.4, 0.5) is 0 Å². The third-order valence-electron chi connectivity index (χ3n) is 3.99. The van der Waals surface area contributed by atoms with Gasteiger partial charge < -0.3 is 10.4 Å². The Morgan fingerprint density at radius 1 is 1.39 bits per heavy atom. The Morgan fingerprint density at radius 2 is 2.17 bits per heavy atom. The third kappa shape index (κ3) is 4.10. The van der Waals surface area contributed by atoms with Gasteiger partial charge in [0.25, 0.3) is 0 Å². The zero-order valence-corrected chi connectivity index (χ0v) is 11.3. The predicted octanol–water partition coefficient (Wildman–Crippen LogP) is 1.80. The van der Waals surface area contributed by atoms with E-state index in [1.165, 1.54) is 32.1 Å². The second-order valence-corrected chi connectivity index (χ2v) is 5.48. The second kappa shape index (κ2) is 6.90. The SMILES string of the molecule is C[C@@H](NCC(O)Cn1cccn1)C1CCCCC1. The molecule has 0 radical (unpaired) electrons. The monoisotopic (exact) mass is 251 g/mol.